The quantitative estimate of drug-likeness (QED) is 0.811. The van der Waals surface area contributed by atoms with Crippen LogP contribution in [0.3, 0.4) is 0 Å². The van der Waals surface area contributed by atoms with Crippen LogP contribution in [-0.2, 0) is 4.74 Å². The van der Waals surface area contributed by atoms with Gasteiger partial charge in [0.2, 0.25) is 0 Å². The highest BCUT2D eigenvalue weighted by molar-refractivity contribution is 14.1. The highest BCUT2D eigenvalue weighted by atomic mass is 127. The van der Waals surface area contributed by atoms with Gasteiger partial charge < -0.3 is 9.84 Å². The van der Waals surface area contributed by atoms with Crippen molar-refractivity contribution in [2.75, 3.05) is 6.61 Å². The van der Waals surface area contributed by atoms with E-state index in [0.29, 0.717) is 5.92 Å². The van der Waals surface area contributed by atoms with Crippen molar-refractivity contribution in [1.29, 1.82) is 0 Å². The minimum atomic E-state index is -0.295. The second-order valence-corrected chi connectivity index (χ2v) is 8.07. The summed E-state index contributed by atoms with van der Waals surface area (Å²) >= 11 is 4.02. The molecule has 0 bridgehead atoms. The lowest BCUT2D eigenvalue weighted by Gasteiger charge is -2.48. The second kappa shape index (κ2) is 4.79. The second-order valence-electron chi connectivity index (χ2n) is 5.27. The van der Waals surface area contributed by atoms with Gasteiger partial charge in [-0.05, 0) is 77.6 Å². The van der Waals surface area contributed by atoms with E-state index >= 15 is 0 Å². The van der Waals surface area contributed by atoms with Gasteiger partial charge in [-0.3, -0.25) is 0 Å². The lowest BCUT2D eigenvalue weighted by atomic mass is 9.70. The molecule has 2 unspecified atom stereocenters. The molecular weight excluding hydrogens is 347 g/mol. The van der Waals surface area contributed by atoms with Gasteiger partial charge in [0, 0.05) is 6.61 Å². The molecule has 3 rings (SSSR count). The van der Waals surface area contributed by atoms with Crippen LogP contribution in [0.5, 0.6) is 0 Å². The summed E-state index contributed by atoms with van der Waals surface area (Å²) in [6, 6.07) is 2.11. The molecule has 1 spiro atoms. The first-order chi connectivity index (χ1) is 8.19. The molecule has 1 saturated carbocycles. The van der Waals surface area contributed by atoms with Gasteiger partial charge >= 0.3 is 0 Å². The Kier molecular flexibility index (Phi) is 3.49. The van der Waals surface area contributed by atoms with E-state index in [0.717, 1.165) is 25.0 Å². The van der Waals surface area contributed by atoms with Crippen molar-refractivity contribution < 1.29 is 9.84 Å². The standard InChI is InChI=1S/C13H17IO2S/c14-11-6-10(8-17-11)12(15)9-2-5-16-13(7-9)3-1-4-13/h6,8-9,12,15H,1-5,7H2. The minimum Gasteiger partial charge on any atom is -0.388 e. The minimum absolute atomic E-state index is 0.132. The van der Waals surface area contributed by atoms with E-state index in [2.05, 4.69) is 34.0 Å². The third-order valence-corrected chi connectivity index (χ3v) is 5.98. The fourth-order valence-electron chi connectivity index (χ4n) is 3.01. The third kappa shape index (κ3) is 2.41. The van der Waals surface area contributed by atoms with Crippen LogP contribution in [-0.4, -0.2) is 17.3 Å². The van der Waals surface area contributed by atoms with Gasteiger partial charge in [0.1, 0.15) is 0 Å². The van der Waals surface area contributed by atoms with Crippen molar-refractivity contribution in [1.82, 2.24) is 0 Å². The maximum atomic E-state index is 10.5. The molecule has 1 aromatic rings. The summed E-state index contributed by atoms with van der Waals surface area (Å²) in [6.45, 7) is 0.822. The maximum Gasteiger partial charge on any atom is 0.0828 e. The molecular formula is C13H17IO2S. The Morgan fingerprint density at radius 1 is 1.53 bits per heavy atom. The molecule has 0 amide bonds. The number of hydrogen-bond acceptors (Lipinski definition) is 3. The number of aliphatic hydroxyl groups excluding tert-OH is 1. The lowest BCUT2D eigenvalue weighted by Crippen LogP contribution is -2.46. The van der Waals surface area contributed by atoms with Crippen LogP contribution in [0.25, 0.3) is 0 Å². The smallest absolute Gasteiger partial charge is 0.0828 e. The van der Waals surface area contributed by atoms with Crippen LogP contribution in [0.2, 0.25) is 0 Å². The summed E-state index contributed by atoms with van der Waals surface area (Å²) in [7, 11) is 0. The molecule has 0 radical (unpaired) electrons. The highest BCUT2D eigenvalue weighted by Gasteiger charge is 2.44. The highest BCUT2D eigenvalue weighted by Crippen LogP contribution is 2.47. The fraction of sp³-hybridized carbons (Fsp3) is 0.692. The van der Waals surface area contributed by atoms with Gasteiger partial charge in [0.25, 0.3) is 0 Å². The average molecular weight is 364 g/mol. The van der Waals surface area contributed by atoms with E-state index < -0.39 is 0 Å². The van der Waals surface area contributed by atoms with Crippen molar-refractivity contribution >= 4 is 33.9 Å². The number of halogens is 1. The number of aliphatic hydroxyl groups is 1. The Hall–Kier alpha value is 0.350. The number of rotatable bonds is 2. The third-order valence-electron chi connectivity index (χ3n) is 4.17. The number of thiophene rings is 1. The SMILES string of the molecule is OC(c1csc(I)c1)C1CCOC2(CCC2)C1. The van der Waals surface area contributed by atoms with E-state index in [4.69, 9.17) is 4.74 Å². The van der Waals surface area contributed by atoms with E-state index in [1.54, 1.807) is 11.3 Å². The van der Waals surface area contributed by atoms with E-state index in [9.17, 15) is 5.11 Å². The molecule has 1 aromatic heterocycles. The summed E-state index contributed by atoms with van der Waals surface area (Å²) in [5, 5.41) is 12.6. The van der Waals surface area contributed by atoms with Gasteiger partial charge in [-0.25, -0.2) is 0 Å². The summed E-state index contributed by atoms with van der Waals surface area (Å²) in [5.74, 6) is 0.384. The number of hydrogen-bond donors (Lipinski definition) is 1. The first-order valence-corrected chi connectivity index (χ1v) is 8.20. The van der Waals surface area contributed by atoms with Crippen molar-refractivity contribution in [2.24, 2.45) is 5.92 Å². The van der Waals surface area contributed by atoms with Crippen LogP contribution in [0.15, 0.2) is 11.4 Å². The molecule has 4 heteroatoms. The van der Waals surface area contributed by atoms with Crippen LogP contribution in [0, 0.1) is 8.80 Å². The first kappa shape index (κ1) is 12.4. The largest absolute Gasteiger partial charge is 0.388 e. The predicted molar refractivity (Wildman–Crippen MR) is 77.3 cm³/mol. The van der Waals surface area contributed by atoms with Gasteiger partial charge in [-0.1, -0.05) is 0 Å². The van der Waals surface area contributed by atoms with Crippen LogP contribution < -0.4 is 0 Å². The Bertz CT molecular complexity index is 400. The topological polar surface area (TPSA) is 29.5 Å². The van der Waals surface area contributed by atoms with Crippen molar-refractivity contribution in [2.45, 2.75) is 43.8 Å². The first-order valence-electron chi connectivity index (χ1n) is 6.24. The molecule has 1 N–H and O–H groups in total. The van der Waals surface area contributed by atoms with Crippen molar-refractivity contribution in [3.63, 3.8) is 0 Å². The number of ether oxygens (including phenoxy) is 1. The zero-order valence-electron chi connectivity index (χ0n) is 9.69. The summed E-state index contributed by atoms with van der Waals surface area (Å²) in [4.78, 5) is 0. The van der Waals surface area contributed by atoms with Crippen LogP contribution >= 0.6 is 33.9 Å². The average Bonchev–Trinajstić information content (AvgIpc) is 2.73. The maximum absolute atomic E-state index is 10.5. The van der Waals surface area contributed by atoms with Gasteiger partial charge in [0.15, 0.2) is 0 Å². The molecule has 2 atom stereocenters. The molecule has 0 aromatic carbocycles. The zero-order chi connectivity index (χ0) is 11.9. The molecule has 1 aliphatic carbocycles. The molecule has 94 valence electrons. The Balaban J connectivity index is 1.71. The predicted octanol–water partition coefficient (Wildman–Crippen LogP) is 3.74. The van der Waals surface area contributed by atoms with E-state index in [-0.39, 0.29) is 11.7 Å². The Labute approximate surface area is 120 Å². The Morgan fingerprint density at radius 2 is 2.35 bits per heavy atom. The Morgan fingerprint density at radius 3 is 2.94 bits per heavy atom. The van der Waals surface area contributed by atoms with E-state index in [1.807, 2.05) is 0 Å². The van der Waals surface area contributed by atoms with Gasteiger partial charge in [-0.15, -0.1) is 11.3 Å². The summed E-state index contributed by atoms with van der Waals surface area (Å²) in [5.41, 5.74) is 1.23. The van der Waals surface area contributed by atoms with Crippen LogP contribution in [0.4, 0.5) is 0 Å². The molecule has 2 nitrogen and oxygen atoms in total. The van der Waals surface area contributed by atoms with E-state index in [1.165, 1.54) is 22.1 Å². The molecule has 2 aliphatic rings. The molecule has 1 aliphatic heterocycles. The molecule has 2 fully saturated rings. The zero-order valence-corrected chi connectivity index (χ0v) is 12.7. The van der Waals surface area contributed by atoms with Gasteiger partial charge in [0.05, 0.1) is 14.6 Å². The summed E-state index contributed by atoms with van der Waals surface area (Å²) < 4.78 is 7.16. The molecule has 17 heavy (non-hydrogen) atoms. The normalized spacial score (nSPS) is 28.9. The molecule has 2 heterocycles. The van der Waals surface area contributed by atoms with Gasteiger partial charge in [-0.2, -0.15) is 0 Å². The fourth-order valence-corrected chi connectivity index (χ4v) is 4.41. The monoisotopic (exact) mass is 364 g/mol. The van der Waals surface area contributed by atoms with Crippen molar-refractivity contribution in [3.8, 4) is 0 Å². The summed E-state index contributed by atoms with van der Waals surface area (Å²) in [6.07, 6.45) is 5.42. The van der Waals surface area contributed by atoms with Crippen LogP contribution in [0.1, 0.15) is 43.8 Å². The van der Waals surface area contributed by atoms with Crippen molar-refractivity contribution in [3.05, 3.63) is 19.9 Å². The lowest BCUT2D eigenvalue weighted by molar-refractivity contribution is -0.157. The molecule has 1 saturated heterocycles.